The molecular weight excluding hydrogens is 258 g/mol. The molecule has 0 aliphatic carbocycles. The Labute approximate surface area is 130 Å². The van der Waals surface area contributed by atoms with Crippen molar-refractivity contribution in [2.24, 2.45) is 17.6 Å². The zero-order valence-corrected chi connectivity index (χ0v) is 14.2. The summed E-state index contributed by atoms with van der Waals surface area (Å²) in [5, 5.41) is 3.64. The lowest BCUT2D eigenvalue weighted by atomic mass is 9.96. The number of likely N-dealkylation sites (N-methyl/N-ethyl adjacent to an activating group) is 1. The summed E-state index contributed by atoms with van der Waals surface area (Å²) in [6.07, 6.45) is 0. The normalized spacial score (nSPS) is 14.6. The van der Waals surface area contributed by atoms with Crippen LogP contribution in [0.1, 0.15) is 39.3 Å². The third-order valence-corrected chi connectivity index (χ3v) is 4.43. The summed E-state index contributed by atoms with van der Waals surface area (Å²) in [4.78, 5) is 2.51. The minimum absolute atomic E-state index is 0.437. The fourth-order valence-corrected chi connectivity index (χ4v) is 2.79. The van der Waals surface area contributed by atoms with Crippen LogP contribution in [0.5, 0.6) is 0 Å². The van der Waals surface area contributed by atoms with Gasteiger partial charge in [0.25, 0.3) is 0 Å². The van der Waals surface area contributed by atoms with Crippen LogP contribution in [-0.2, 0) is 0 Å². The Morgan fingerprint density at radius 2 is 1.67 bits per heavy atom. The van der Waals surface area contributed by atoms with E-state index in [1.165, 1.54) is 5.56 Å². The van der Waals surface area contributed by atoms with Gasteiger partial charge in [-0.1, -0.05) is 58.0 Å². The lowest BCUT2D eigenvalue weighted by Crippen LogP contribution is -2.39. The Morgan fingerprint density at radius 1 is 1.05 bits per heavy atom. The van der Waals surface area contributed by atoms with E-state index in [9.17, 15) is 0 Å². The standard InChI is InChI=1S/C18H33N3/c1-5-21(6-2)18(16-10-8-7-9-11-16)14-20-13-17(12-19)15(3)4/h7-11,15,17-18,20H,5-6,12-14,19H2,1-4H3. The predicted molar refractivity (Wildman–Crippen MR) is 92.4 cm³/mol. The van der Waals surface area contributed by atoms with Gasteiger partial charge < -0.3 is 11.1 Å². The summed E-state index contributed by atoms with van der Waals surface area (Å²) >= 11 is 0. The van der Waals surface area contributed by atoms with Crippen LogP contribution < -0.4 is 11.1 Å². The molecule has 0 radical (unpaired) electrons. The highest BCUT2D eigenvalue weighted by atomic mass is 15.2. The Morgan fingerprint density at radius 3 is 2.14 bits per heavy atom. The first-order valence-electron chi connectivity index (χ1n) is 8.33. The molecule has 0 saturated carbocycles. The lowest BCUT2D eigenvalue weighted by Gasteiger charge is -2.31. The van der Waals surface area contributed by atoms with E-state index in [-0.39, 0.29) is 0 Å². The van der Waals surface area contributed by atoms with Crippen LogP contribution in [0.4, 0.5) is 0 Å². The molecule has 120 valence electrons. The van der Waals surface area contributed by atoms with E-state index in [4.69, 9.17) is 5.73 Å². The molecule has 2 unspecified atom stereocenters. The fraction of sp³-hybridized carbons (Fsp3) is 0.667. The van der Waals surface area contributed by atoms with Gasteiger partial charge in [0.2, 0.25) is 0 Å². The monoisotopic (exact) mass is 291 g/mol. The molecule has 3 nitrogen and oxygen atoms in total. The first-order valence-corrected chi connectivity index (χ1v) is 8.33. The largest absolute Gasteiger partial charge is 0.330 e. The van der Waals surface area contributed by atoms with Crippen molar-refractivity contribution in [3.8, 4) is 0 Å². The van der Waals surface area contributed by atoms with E-state index in [1.54, 1.807) is 0 Å². The van der Waals surface area contributed by atoms with Crippen molar-refractivity contribution >= 4 is 0 Å². The van der Waals surface area contributed by atoms with Gasteiger partial charge in [0.05, 0.1) is 0 Å². The minimum Gasteiger partial charge on any atom is -0.330 e. The third kappa shape index (κ3) is 5.77. The fourth-order valence-electron chi connectivity index (χ4n) is 2.79. The Balaban J connectivity index is 2.66. The molecule has 1 aromatic carbocycles. The summed E-state index contributed by atoms with van der Waals surface area (Å²) in [6.45, 7) is 13.8. The second kappa shape index (κ2) is 9.93. The van der Waals surface area contributed by atoms with E-state index in [1.807, 2.05) is 0 Å². The lowest BCUT2D eigenvalue weighted by molar-refractivity contribution is 0.209. The average molecular weight is 291 g/mol. The van der Waals surface area contributed by atoms with Gasteiger partial charge in [-0.25, -0.2) is 0 Å². The molecule has 0 aromatic heterocycles. The second-order valence-electron chi connectivity index (χ2n) is 6.05. The van der Waals surface area contributed by atoms with Crippen LogP contribution in [0.25, 0.3) is 0 Å². The van der Waals surface area contributed by atoms with E-state index < -0.39 is 0 Å². The van der Waals surface area contributed by atoms with Gasteiger partial charge in [-0.05, 0) is 43.6 Å². The average Bonchev–Trinajstić information content (AvgIpc) is 2.51. The van der Waals surface area contributed by atoms with E-state index >= 15 is 0 Å². The zero-order valence-electron chi connectivity index (χ0n) is 14.2. The third-order valence-electron chi connectivity index (χ3n) is 4.43. The number of hydrogen-bond donors (Lipinski definition) is 2. The molecule has 2 atom stereocenters. The van der Waals surface area contributed by atoms with Crippen molar-refractivity contribution in [3.05, 3.63) is 35.9 Å². The van der Waals surface area contributed by atoms with Crippen molar-refractivity contribution < 1.29 is 0 Å². The molecule has 0 aliphatic heterocycles. The van der Waals surface area contributed by atoms with Crippen molar-refractivity contribution in [1.29, 1.82) is 0 Å². The van der Waals surface area contributed by atoms with Crippen LogP contribution in [0.3, 0.4) is 0 Å². The molecule has 0 heterocycles. The number of hydrogen-bond acceptors (Lipinski definition) is 3. The molecule has 21 heavy (non-hydrogen) atoms. The molecule has 0 spiro atoms. The molecule has 1 aromatic rings. The predicted octanol–water partition coefficient (Wildman–Crippen LogP) is 2.89. The Bertz CT molecular complexity index is 360. The summed E-state index contributed by atoms with van der Waals surface area (Å²) in [6, 6.07) is 11.2. The molecule has 3 heteroatoms. The maximum Gasteiger partial charge on any atom is 0.0472 e. The van der Waals surface area contributed by atoms with Crippen LogP contribution >= 0.6 is 0 Å². The van der Waals surface area contributed by atoms with Crippen LogP contribution in [0.15, 0.2) is 30.3 Å². The first kappa shape index (κ1) is 18.1. The maximum atomic E-state index is 5.86. The van der Waals surface area contributed by atoms with Crippen LogP contribution in [0, 0.1) is 11.8 Å². The Hall–Kier alpha value is -0.900. The smallest absolute Gasteiger partial charge is 0.0472 e. The molecule has 0 bridgehead atoms. The molecule has 0 fully saturated rings. The van der Waals surface area contributed by atoms with E-state index in [0.29, 0.717) is 17.9 Å². The van der Waals surface area contributed by atoms with Gasteiger partial charge in [0, 0.05) is 12.6 Å². The van der Waals surface area contributed by atoms with Crippen LogP contribution in [-0.4, -0.2) is 37.6 Å². The van der Waals surface area contributed by atoms with E-state index in [2.05, 4.69) is 68.2 Å². The number of nitrogens with zero attached hydrogens (tertiary/aromatic N) is 1. The highest BCUT2D eigenvalue weighted by Crippen LogP contribution is 2.19. The van der Waals surface area contributed by atoms with Crippen molar-refractivity contribution in [1.82, 2.24) is 10.2 Å². The number of benzene rings is 1. The van der Waals surface area contributed by atoms with Gasteiger partial charge in [-0.2, -0.15) is 0 Å². The highest BCUT2D eigenvalue weighted by molar-refractivity contribution is 5.19. The van der Waals surface area contributed by atoms with Crippen LogP contribution in [0.2, 0.25) is 0 Å². The number of nitrogens with two attached hydrogens (primary N) is 1. The van der Waals surface area contributed by atoms with Crippen molar-refractivity contribution in [2.75, 3.05) is 32.7 Å². The topological polar surface area (TPSA) is 41.3 Å². The van der Waals surface area contributed by atoms with Gasteiger partial charge >= 0.3 is 0 Å². The molecule has 0 amide bonds. The quantitative estimate of drug-likeness (QED) is 0.696. The summed E-state index contributed by atoms with van der Waals surface area (Å²) < 4.78 is 0. The summed E-state index contributed by atoms with van der Waals surface area (Å²) in [5.74, 6) is 1.18. The SMILES string of the molecule is CCN(CC)C(CNCC(CN)C(C)C)c1ccccc1. The molecule has 0 saturated heterocycles. The van der Waals surface area contributed by atoms with Gasteiger partial charge in [0.1, 0.15) is 0 Å². The molecule has 0 aliphatic rings. The Kier molecular flexibility index (Phi) is 8.58. The van der Waals surface area contributed by atoms with Crippen molar-refractivity contribution in [2.45, 2.75) is 33.7 Å². The number of rotatable bonds is 10. The van der Waals surface area contributed by atoms with Gasteiger partial charge in [-0.3, -0.25) is 4.90 Å². The maximum absolute atomic E-state index is 5.86. The van der Waals surface area contributed by atoms with Crippen molar-refractivity contribution in [3.63, 3.8) is 0 Å². The van der Waals surface area contributed by atoms with E-state index in [0.717, 1.165) is 32.7 Å². The highest BCUT2D eigenvalue weighted by Gasteiger charge is 2.18. The minimum atomic E-state index is 0.437. The number of nitrogens with one attached hydrogen (secondary N) is 1. The van der Waals surface area contributed by atoms with Gasteiger partial charge in [0.15, 0.2) is 0 Å². The first-order chi connectivity index (χ1) is 10.1. The zero-order chi connectivity index (χ0) is 15.7. The molecular formula is C18H33N3. The second-order valence-corrected chi connectivity index (χ2v) is 6.05. The molecule has 1 rings (SSSR count). The van der Waals surface area contributed by atoms with Gasteiger partial charge in [-0.15, -0.1) is 0 Å². The summed E-state index contributed by atoms with van der Waals surface area (Å²) in [7, 11) is 0. The summed E-state index contributed by atoms with van der Waals surface area (Å²) in [5.41, 5.74) is 7.25. The molecule has 3 N–H and O–H groups in total.